The van der Waals surface area contributed by atoms with Crippen molar-refractivity contribution in [2.45, 2.75) is 20.3 Å². The molecule has 0 aromatic heterocycles. The Kier molecular flexibility index (Phi) is 7.27. The second-order valence-electron chi connectivity index (χ2n) is 3.67. The fourth-order valence-corrected chi connectivity index (χ4v) is 3.77. The molecule has 0 unspecified atom stereocenters. The van der Waals surface area contributed by atoms with Gasteiger partial charge >= 0.3 is 5.97 Å². The van der Waals surface area contributed by atoms with Crippen molar-refractivity contribution < 1.29 is 9.90 Å². The largest absolute Gasteiger partial charge is 0.478 e. The van der Waals surface area contributed by atoms with Gasteiger partial charge in [0, 0.05) is 17.9 Å². The number of hydrogen-bond acceptors (Lipinski definition) is 4. The third-order valence-corrected chi connectivity index (χ3v) is 4.84. The molecule has 0 saturated carbocycles. The smallest absolute Gasteiger partial charge is 0.335 e. The van der Waals surface area contributed by atoms with Crippen LogP contribution in [-0.2, 0) is 6.42 Å². The minimum Gasteiger partial charge on any atom is -0.478 e. The lowest BCUT2D eigenvalue weighted by atomic mass is 10.1. The van der Waals surface area contributed by atoms with Crippen LogP contribution in [0.2, 0.25) is 0 Å². The Morgan fingerprint density at radius 2 is 1.95 bits per heavy atom. The van der Waals surface area contributed by atoms with Gasteiger partial charge in [-0.05, 0) is 41.6 Å². The van der Waals surface area contributed by atoms with E-state index in [1.807, 2.05) is 9.78 Å². The van der Waals surface area contributed by atoms with Gasteiger partial charge < -0.3 is 5.11 Å². The van der Waals surface area contributed by atoms with Gasteiger partial charge in [0.1, 0.15) is 4.99 Å². The second kappa shape index (κ2) is 8.45. The molecule has 1 aromatic carbocycles. The number of rotatable bonds is 7. The van der Waals surface area contributed by atoms with Crippen LogP contribution < -0.4 is 0 Å². The van der Waals surface area contributed by atoms with E-state index >= 15 is 0 Å². The molecule has 1 aromatic rings. The minimum atomic E-state index is -0.907. The lowest BCUT2D eigenvalue weighted by Crippen LogP contribution is -2.18. The molecule has 0 saturated heterocycles. The first kappa shape index (κ1) is 16.3. The van der Waals surface area contributed by atoms with E-state index in [1.165, 1.54) is 0 Å². The number of benzene rings is 1. The van der Waals surface area contributed by atoms with E-state index in [9.17, 15) is 4.79 Å². The third-order valence-electron chi connectivity index (χ3n) is 2.23. The molecule has 0 aliphatic rings. The number of carboxylic acids is 1. The molecule has 0 amide bonds. The van der Waals surface area contributed by atoms with E-state index < -0.39 is 5.97 Å². The number of hydrogen-bond donors (Lipinski definition) is 1. The molecule has 0 spiro atoms. The number of thiocarbonyl (C=S) groups is 1. The van der Waals surface area contributed by atoms with Crippen LogP contribution >= 0.6 is 36.1 Å². The summed E-state index contributed by atoms with van der Waals surface area (Å²) in [5.41, 5.74) is 1.24. The summed E-state index contributed by atoms with van der Waals surface area (Å²) >= 11 is 8.79. The number of carboxylic acid groups (broad SMARTS) is 1. The monoisotopic (exact) mass is 315 g/mol. The lowest BCUT2D eigenvalue weighted by Gasteiger charge is -2.21. The Morgan fingerprint density at radius 3 is 2.47 bits per heavy atom. The summed E-state index contributed by atoms with van der Waals surface area (Å²) in [6.45, 7) is 4.17. The predicted octanol–water partition coefficient (Wildman–Crippen LogP) is 3.89. The Balaban J connectivity index is 2.74. The fraction of sp³-hybridized carbons (Fsp3) is 0.385. The first-order valence-corrected chi connectivity index (χ1v) is 8.28. The summed E-state index contributed by atoms with van der Waals surface area (Å²) < 4.78 is 2.04. The minimum absolute atomic E-state index is 0.304. The van der Waals surface area contributed by atoms with Crippen LogP contribution in [0.5, 0.6) is 0 Å². The molecule has 0 fully saturated rings. The average molecular weight is 315 g/mol. The molecular weight excluding hydrogens is 298 g/mol. The SMILES string of the molecule is CCSN(SCC)C(=S)Cc1cccc(C(=O)O)c1. The van der Waals surface area contributed by atoms with Gasteiger partial charge in [-0.25, -0.2) is 4.79 Å². The summed E-state index contributed by atoms with van der Waals surface area (Å²) in [6, 6.07) is 6.93. The van der Waals surface area contributed by atoms with Gasteiger partial charge in [-0.1, -0.05) is 38.2 Å². The van der Waals surface area contributed by atoms with Crippen LogP contribution in [0.15, 0.2) is 24.3 Å². The normalized spacial score (nSPS) is 10.2. The van der Waals surface area contributed by atoms with Crippen molar-refractivity contribution in [1.29, 1.82) is 0 Å². The maximum Gasteiger partial charge on any atom is 0.335 e. The summed E-state index contributed by atoms with van der Waals surface area (Å²) in [6.07, 6.45) is 0.594. The van der Waals surface area contributed by atoms with E-state index in [2.05, 4.69) is 13.8 Å². The van der Waals surface area contributed by atoms with Crippen molar-refractivity contribution in [3.63, 3.8) is 0 Å². The highest BCUT2D eigenvalue weighted by Crippen LogP contribution is 2.24. The molecule has 0 aliphatic heterocycles. The molecule has 0 bridgehead atoms. The third kappa shape index (κ3) is 5.42. The van der Waals surface area contributed by atoms with Crippen LogP contribution in [0.3, 0.4) is 0 Å². The number of carbonyl (C=O) groups is 1. The first-order chi connectivity index (χ1) is 9.08. The van der Waals surface area contributed by atoms with Crippen LogP contribution in [0, 0.1) is 0 Å². The van der Waals surface area contributed by atoms with Crippen LogP contribution in [0.25, 0.3) is 0 Å². The molecule has 3 nitrogen and oxygen atoms in total. The molecule has 1 rings (SSSR count). The van der Waals surface area contributed by atoms with E-state index in [0.29, 0.717) is 12.0 Å². The van der Waals surface area contributed by atoms with Crippen LogP contribution in [0.4, 0.5) is 0 Å². The van der Waals surface area contributed by atoms with Crippen molar-refractivity contribution in [2.24, 2.45) is 0 Å². The Hall–Kier alpha value is -0.720. The van der Waals surface area contributed by atoms with Crippen molar-refractivity contribution in [3.05, 3.63) is 35.4 Å². The van der Waals surface area contributed by atoms with Gasteiger partial charge in [0.05, 0.1) is 5.56 Å². The summed E-state index contributed by atoms with van der Waals surface area (Å²) in [5, 5.41) is 8.97. The molecule has 6 heteroatoms. The zero-order valence-corrected chi connectivity index (χ0v) is 13.4. The van der Waals surface area contributed by atoms with E-state index in [1.54, 1.807) is 42.1 Å². The summed E-state index contributed by atoms with van der Waals surface area (Å²) in [4.78, 5) is 11.7. The molecule has 0 aliphatic carbocycles. The Labute approximate surface area is 128 Å². The highest BCUT2D eigenvalue weighted by Gasteiger charge is 2.11. The molecule has 0 heterocycles. The topological polar surface area (TPSA) is 40.5 Å². The first-order valence-electron chi connectivity index (χ1n) is 5.99. The van der Waals surface area contributed by atoms with Gasteiger partial charge in [0.15, 0.2) is 0 Å². The quantitative estimate of drug-likeness (QED) is 0.608. The maximum atomic E-state index is 10.9. The summed E-state index contributed by atoms with van der Waals surface area (Å²) in [5.74, 6) is 1.01. The zero-order valence-electron chi connectivity index (χ0n) is 11.0. The Bertz CT molecular complexity index is 445. The molecule has 0 atom stereocenters. The van der Waals surface area contributed by atoms with Crippen LogP contribution in [-0.4, -0.2) is 31.3 Å². The zero-order chi connectivity index (χ0) is 14.3. The van der Waals surface area contributed by atoms with E-state index in [-0.39, 0.29) is 0 Å². The van der Waals surface area contributed by atoms with Crippen molar-refractivity contribution in [1.82, 2.24) is 3.71 Å². The molecular formula is C13H17NO2S3. The second-order valence-corrected chi connectivity index (χ2v) is 6.77. The van der Waals surface area contributed by atoms with Gasteiger partial charge in [-0.15, -0.1) is 0 Å². The Morgan fingerprint density at radius 1 is 1.32 bits per heavy atom. The van der Waals surface area contributed by atoms with Gasteiger partial charge in [0.25, 0.3) is 0 Å². The van der Waals surface area contributed by atoms with Crippen LogP contribution in [0.1, 0.15) is 29.8 Å². The molecule has 104 valence electrons. The molecule has 1 N–H and O–H groups in total. The molecule has 19 heavy (non-hydrogen) atoms. The highest BCUT2D eigenvalue weighted by atomic mass is 32.2. The van der Waals surface area contributed by atoms with Crippen molar-refractivity contribution in [2.75, 3.05) is 11.5 Å². The lowest BCUT2D eigenvalue weighted by molar-refractivity contribution is 0.0697. The average Bonchev–Trinajstić information content (AvgIpc) is 2.38. The van der Waals surface area contributed by atoms with Gasteiger partial charge in [-0.3, -0.25) is 3.71 Å². The van der Waals surface area contributed by atoms with Gasteiger partial charge in [-0.2, -0.15) is 0 Å². The standard InChI is InChI=1S/C13H17NO2S3/c1-3-18-14(19-4-2)12(17)9-10-6-5-7-11(8-10)13(15)16/h5-8H,3-4,9H2,1-2H3,(H,15,16). The summed E-state index contributed by atoms with van der Waals surface area (Å²) in [7, 11) is 0. The number of aromatic carboxylic acids is 1. The van der Waals surface area contributed by atoms with Crippen molar-refractivity contribution >= 4 is 47.1 Å². The maximum absolute atomic E-state index is 10.9. The van der Waals surface area contributed by atoms with Gasteiger partial charge in [0.2, 0.25) is 0 Å². The van der Waals surface area contributed by atoms with E-state index in [4.69, 9.17) is 17.3 Å². The number of nitrogens with zero attached hydrogens (tertiary/aromatic N) is 1. The predicted molar refractivity (Wildman–Crippen MR) is 87.8 cm³/mol. The highest BCUT2D eigenvalue weighted by molar-refractivity contribution is 8.13. The van der Waals surface area contributed by atoms with Crippen molar-refractivity contribution in [3.8, 4) is 0 Å². The van der Waals surface area contributed by atoms with E-state index in [0.717, 1.165) is 22.1 Å². The fourth-order valence-electron chi connectivity index (χ4n) is 1.47. The molecule has 0 radical (unpaired) electrons.